The molecule has 1 amide bonds. The average Bonchev–Trinajstić information content (AvgIpc) is 3.58. The molecule has 0 aliphatic heterocycles. The van der Waals surface area contributed by atoms with Gasteiger partial charge in [0.05, 0.1) is 12.0 Å². The van der Waals surface area contributed by atoms with Gasteiger partial charge in [-0.3, -0.25) is 4.79 Å². The van der Waals surface area contributed by atoms with Crippen molar-refractivity contribution in [1.82, 2.24) is 14.9 Å². The first-order valence-electron chi connectivity index (χ1n) is 14.3. The molecule has 2 N–H and O–H groups in total. The van der Waals surface area contributed by atoms with Crippen LogP contribution >= 0.6 is 0 Å². The van der Waals surface area contributed by atoms with Crippen LogP contribution in [0.25, 0.3) is 11.1 Å². The highest BCUT2D eigenvalue weighted by molar-refractivity contribution is 5.95. The van der Waals surface area contributed by atoms with E-state index < -0.39 is 11.1 Å². The Balaban J connectivity index is 1.43. The number of rotatable bonds is 8. The number of nitrogens with zero attached hydrogens (tertiary/aromatic N) is 2. The lowest BCUT2D eigenvalue weighted by molar-refractivity contribution is 0.0961. The summed E-state index contributed by atoms with van der Waals surface area (Å²) in [6.45, 7) is 1.77. The van der Waals surface area contributed by atoms with Crippen LogP contribution in [-0.2, 0) is 11.1 Å². The lowest BCUT2D eigenvalue weighted by Crippen LogP contribution is -2.37. The second kappa shape index (κ2) is 11.6. The number of benzene rings is 5. The molecule has 0 spiro atoms. The van der Waals surface area contributed by atoms with Gasteiger partial charge in [0.1, 0.15) is 11.1 Å². The van der Waals surface area contributed by atoms with Crippen LogP contribution < -0.4 is 5.32 Å². The van der Waals surface area contributed by atoms with Crippen LogP contribution in [0.3, 0.4) is 0 Å². The number of carbonyl (C=O) groups excluding carboxylic acids is 1. The number of nitrogens with one attached hydrogen (secondary N) is 1. The Bertz CT molecular complexity index is 1730. The molecule has 0 saturated carbocycles. The van der Waals surface area contributed by atoms with Crippen molar-refractivity contribution < 1.29 is 9.90 Å². The Kier molecular flexibility index (Phi) is 7.49. The fourth-order valence-corrected chi connectivity index (χ4v) is 5.86. The summed E-state index contributed by atoms with van der Waals surface area (Å²) in [4.78, 5) is 16.9. The molecule has 5 aromatic carbocycles. The van der Waals surface area contributed by atoms with E-state index >= 15 is 0 Å². The molecule has 1 aromatic heterocycles. The lowest BCUT2D eigenvalue weighted by atomic mass is 9.76. The number of aliphatic hydroxyl groups is 1. The minimum atomic E-state index is -1.36. The van der Waals surface area contributed by atoms with E-state index in [9.17, 15) is 9.90 Å². The molecule has 1 heterocycles. The second-order valence-corrected chi connectivity index (χ2v) is 10.8. The van der Waals surface area contributed by atoms with E-state index in [4.69, 9.17) is 4.98 Å². The largest absolute Gasteiger partial charge is 0.379 e. The highest BCUT2D eigenvalue weighted by Crippen LogP contribution is 2.42. The van der Waals surface area contributed by atoms with Crippen molar-refractivity contribution in [2.75, 3.05) is 7.05 Å². The van der Waals surface area contributed by atoms with Crippen molar-refractivity contribution in [3.8, 4) is 11.1 Å². The summed E-state index contributed by atoms with van der Waals surface area (Å²) in [6.07, 6.45) is 3.77. The standard InChI is InChI=1S/C38H33N3O2/c1-37(43,31-23-21-28(22-24-31)29-13-12-14-30(25-29)36(42)39-2)35-26-41(27-40-35)38(32-15-6-3-7-16-32,33-17-8-4-9-18-33)34-19-10-5-11-20-34/h3-27,43H,1-2H3,(H,39,42). The van der Waals surface area contributed by atoms with E-state index in [1.165, 1.54) is 0 Å². The Morgan fingerprint density at radius 3 is 1.72 bits per heavy atom. The van der Waals surface area contributed by atoms with Gasteiger partial charge in [0.2, 0.25) is 0 Å². The third-order valence-corrected chi connectivity index (χ3v) is 8.18. The fraction of sp³-hybridized carbons (Fsp3) is 0.105. The van der Waals surface area contributed by atoms with E-state index in [2.05, 4.69) is 82.7 Å². The molecule has 5 nitrogen and oxygen atoms in total. The average molecular weight is 564 g/mol. The highest BCUT2D eigenvalue weighted by atomic mass is 16.3. The number of amides is 1. The molecule has 0 bridgehead atoms. The maximum absolute atomic E-state index is 12.1. The van der Waals surface area contributed by atoms with Crippen molar-refractivity contribution in [3.05, 3.63) is 186 Å². The van der Waals surface area contributed by atoms with Crippen molar-refractivity contribution in [2.45, 2.75) is 18.1 Å². The van der Waals surface area contributed by atoms with Crippen LogP contribution in [0.5, 0.6) is 0 Å². The summed E-state index contributed by atoms with van der Waals surface area (Å²) in [5.74, 6) is -0.130. The van der Waals surface area contributed by atoms with Gasteiger partial charge in [-0.1, -0.05) is 127 Å². The number of imidazole rings is 1. The Labute approximate surface area is 252 Å². The van der Waals surface area contributed by atoms with Crippen LogP contribution in [0.4, 0.5) is 0 Å². The van der Waals surface area contributed by atoms with Crippen LogP contribution in [0.1, 0.15) is 45.2 Å². The summed E-state index contributed by atoms with van der Waals surface area (Å²) in [5.41, 5.74) is 4.90. The number of hydrogen-bond donors (Lipinski definition) is 2. The Hall–Kier alpha value is -5.26. The van der Waals surface area contributed by atoms with Crippen LogP contribution in [0.15, 0.2) is 152 Å². The van der Waals surface area contributed by atoms with Gasteiger partial charge in [0.25, 0.3) is 5.91 Å². The minimum Gasteiger partial charge on any atom is -0.379 e. The summed E-state index contributed by atoms with van der Waals surface area (Å²) in [6, 6.07) is 46.4. The van der Waals surface area contributed by atoms with Crippen molar-refractivity contribution in [1.29, 1.82) is 0 Å². The van der Waals surface area contributed by atoms with E-state index in [1.54, 1.807) is 20.0 Å². The third kappa shape index (κ3) is 5.05. The first-order valence-corrected chi connectivity index (χ1v) is 14.3. The van der Waals surface area contributed by atoms with Crippen LogP contribution in [-0.4, -0.2) is 27.6 Å². The number of carbonyl (C=O) groups is 1. The van der Waals surface area contributed by atoms with Gasteiger partial charge in [-0.15, -0.1) is 0 Å². The zero-order chi connectivity index (χ0) is 29.9. The summed E-state index contributed by atoms with van der Waals surface area (Å²) >= 11 is 0. The molecule has 0 fully saturated rings. The van der Waals surface area contributed by atoms with Gasteiger partial charge < -0.3 is 15.0 Å². The molecule has 1 atom stereocenters. The Morgan fingerprint density at radius 2 is 1.21 bits per heavy atom. The van der Waals surface area contributed by atoms with Gasteiger partial charge >= 0.3 is 0 Å². The van der Waals surface area contributed by atoms with E-state index in [0.717, 1.165) is 27.8 Å². The normalized spacial score (nSPS) is 12.8. The van der Waals surface area contributed by atoms with Crippen LogP contribution in [0.2, 0.25) is 0 Å². The maximum atomic E-state index is 12.1. The van der Waals surface area contributed by atoms with Gasteiger partial charge in [0, 0.05) is 18.8 Å². The van der Waals surface area contributed by atoms with Gasteiger partial charge in [-0.25, -0.2) is 4.98 Å². The summed E-state index contributed by atoms with van der Waals surface area (Å²) in [5, 5.41) is 14.6. The lowest BCUT2D eigenvalue weighted by Gasteiger charge is -2.37. The predicted molar refractivity (Wildman–Crippen MR) is 171 cm³/mol. The minimum absolute atomic E-state index is 0.130. The number of hydrogen-bond acceptors (Lipinski definition) is 3. The number of aromatic nitrogens is 2. The van der Waals surface area contributed by atoms with Gasteiger partial charge in [0.15, 0.2) is 0 Å². The van der Waals surface area contributed by atoms with Gasteiger partial charge in [-0.2, -0.15) is 0 Å². The third-order valence-electron chi connectivity index (χ3n) is 8.18. The molecule has 1 unspecified atom stereocenters. The molecule has 0 aliphatic rings. The molecule has 0 saturated heterocycles. The maximum Gasteiger partial charge on any atom is 0.251 e. The molecule has 6 rings (SSSR count). The Morgan fingerprint density at radius 1 is 0.674 bits per heavy atom. The molecule has 43 heavy (non-hydrogen) atoms. The molecular weight excluding hydrogens is 530 g/mol. The van der Waals surface area contributed by atoms with Gasteiger partial charge in [-0.05, 0) is 52.4 Å². The monoisotopic (exact) mass is 563 g/mol. The van der Waals surface area contributed by atoms with Crippen molar-refractivity contribution >= 4 is 5.91 Å². The van der Waals surface area contributed by atoms with E-state index in [0.29, 0.717) is 16.8 Å². The first-order chi connectivity index (χ1) is 20.9. The van der Waals surface area contributed by atoms with E-state index in [-0.39, 0.29) is 5.91 Å². The SMILES string of the molecule is CNC(=O)c1cccc(-c2ccc(C(C)(O)c3cn(C(c4ccccc4)(c4ccccc4)c4ccccc4)cn3)cc2)c1. The zero-order valence-electron chi connectivity index (χ0n) is 24.2. The van der Waals surface area contributed by atoms with Crippen LogP contribution in [0, 0.1) is 0 Å². The molecule has 6 aromatic rings. The quantitative estimate of drug-likeness (QED) is 0.196. The zero-order valence-corrected chi connectivity index (χ0v) is 24.2. The van der Waals surface area contributed by atoms with Crippen molar-refractivity contribution in [3.63, 3.8) is 0 Å². The van der Waals surface area contributed by atoms with E-state index in [1.807, 2.05) is 73.2 Å². The molecular formula is C38H33N3O2. The summed E-state index contributed by atoms with van der Waals surface area (Å²) in [7, 11) is 1.62. The molecule has 212 valence electrons. The summed E-state index contributed by atoms with van der Waals surface area (Å²) < 4.78 is 2.11. The fourth-order valence-electron chi connectivity index (χ4n) is 5.86. The smallest absolute Gasteiger partial charge is 0.251 e. The first kappa shape index (κ1) is 27.9. The molecule has 0 radical (unpaired) electrons. The molecule has 5 heteroatoms. The molecule has 0 aliphatic carbocycles. The second-order valence-electron chi connectivity index (χ2n) is 10.8. The topological polar surface area (TPSA) is 67.2 Å². The predicted octanol–water partition coefficient (Wildman–Crippen LogP) is 7.01. The van der Waals surface area contributed by atoms with Crippen molar-refractivity contribution in [2.24, 2.45) is 0 Å². The highest BCUT2D eigenvalue weighted by Gasteiger charge is 2.40.